The van der Waals surface area contributed by atoms with Crippen LogP contribution < -0.4 is 15.4 Å². The van der Waals surface area contributed by atoms with Crippen molar-refractivity contribution in [1.29, 1.82) is 0 Å². The van der Waals surface area contributed by atoms with Crippen LogP contribution in [0.25, 0.3) is 0 Å². The third-order valence-corrected chi connectivity index (χ3v) is 14.4. The SMILES string of the molecule is C=CCOc1ccc(CC(CC(O[Si](C)(C)C(C)(C)C)C(Cc2ccccc2)NC(=O)OC(C)(C)C)C(=O)N[C@H]2c3ccccc3C[C@@H]2O)cc1. The van der Waals surface area contributed by atoms with Crippen LogP contribution >= 0.6 is 0 Å². The van der Waals surface area contributed by atoms with Gasteiger partial charge in [-0.05, 0) is 92.6 Å². The molecule has 8 nitrogen and oxygen atoms in total. The predicted octanol–water partition coefficient (Wildman–Crippen LogP) is 8.10. The van der Waals surface area contributed by atoms with Gasteiger partial charge in [0.15, 0.2) is 8.32 Å². The van der Waals surface area contributed by atoms with E-state index in [1.54, 1.807) is 6.08 Å². The van der Waals surface area contributed by atoms with Crippen LogP contribution in [0.1, 0.15) is 76.3 Å². The topological polar surface area (TPSA) is 106 Å². The number of nitrogens with one attached hydrogen (secondary N) is 2. The van der Waals surface area contributed by atoms with Gasteiger partial charge >= 0.3 is 6.09 Å². The second-order valence-electron chi connectivity index (χ2n) is 16.2. The second kappa shape index (κ2) is 17.1. The molecule has 0 aliphatic heterocycles. The summed E-state index contributed by atoms with van der Waals surface area (Å²) in [5.74, 6) is -0.0189. The number of fused-ring (bicyclic) bond motifs is 1. The largest absolute Gasteiger partial charge is 0.490 e. The molecule has 1 aliphatic carbocycles. The molecule has 51 heavy (non-hydrogen) atoms. The lowest BCUT2D eigenvalue weighted by Crippen LogP contribution is -2.54. The van der Waals surface area contributed by atoms with E-state index >= 15 is 0 Å². The van der Waals surface area contributed by atoms with Crippen LogP contribution in [-0.4, -0.2) is 55.9 Å². The molecule has 3 N–H and O–H groups in total. The quantitative estimate of drug-likeness (QED) is 0.109. The first-order valence-electron chi connectivity index (χ1n) is 18.1. The summed E-state index contributed by atoms with van der Waals surface area (Å²) in [5, 5.41) is 17.3. The molecule has 3 aromatic rings. The van der Waals surface area contributed by atoms with E-state index in [0.29, 0.717) is 38.0 Å². The van der Waals surface area contributed by atoms with E-state index in [1.165, 1.54) is 0 Å². The second-order valence-corrected chi connectivity index (χ2v) is 21.0. The minimum atomic E-state index is -2.44. The highest BCUT2D eigenvalue weighted by molar-refractivity contribution is 6.74. The lowest BCUT2D eigenvalue weighted by atomic mass is 9.88. The Balaban J connectivity index is 1.74. The Hall–Kier alpha value is -3.92. The summed E-state index contributed by atoms with van der Waals surface area (Å²) < 4.78 is 18.7. The van der Waals surface area contributed by atoms with Gasteiger partial charge in [0.25, 0.3) is 0 Å². The number of carbonyl (C=O) groups excluding carboxylic acids is 2. The summed E-state index contributed by atoms with van der Waals surface area (Å²) >= 11 is 0. The van der Waals surface area contributed by atoms with Crippen LogP contribution in [0.15, 0.2) is 91.5 Å². The third-order valence-electron chi connectivity index (χ3n) is 9.86. The molecule has 5 atom stereocenters. The monoisotopic (exact) mass is 714 g/mol. The average Bonchev–Trinajstić information content (AvgIpc) is 3.36. The summed E-state index contributed by atoms with van der Waals surface area (Å²) in [4.78, 5) is 28.0. The van der Waals surface area contributed by atoms with Crippen LogP contribution in [0.4, 0.5) is 4.79 Å². The van der Waals surface area contributed by atoms with Crippen molar-refractivity contribution < 1.29 is 28.6 Å². The van der Waals surface area contributed by atoms with Crippen molar-refractivity contribution in [3.05, 3.63) is 114 Å². The Kier molecular flexibility index (Phi) is 13.3. The van der Waals surface area contributed by atoms with Crippen molar-refractivity contribution in [2.24, 2.45) is 5.92 Å². The molecule has 1 aliphatic rings. The first-order valence-corrected chi connectivity index (χ1v) is 21.0. The van der Waals surface area contributed by atoms with Crippen LogP contribution in [-0.2, 0) is 33.2 Å². The molecular formula is C42H58N2O6Si. The summed E-state index contributed by atoms with van der Waals surface area (Å²) in [5.41, 5.74) is 3.26. The molecule has 4 rings (SSSR count). The molecule has 0 spiro atoms. The number of hydrogen-bond acceptors (Lipinski definition) is 6. The predicted molar refractivity (Wildman–Crippen MR) is 206 cm³/mol. The van der Waals surface area contributed by atoms with Crippen molar-refractivity contribution in [1.82, 2.24) is 10.6 Å². The molecule has 276 valence electrons. The van der Waals surface area contributed by atoms with E-state index < -0.39 is 50.2 Å². The molecule has 3 aromatic carbocycles. The van der Waals surface area contributed by atoms with E-state index in [-0.39, 0.29) is 10.9 Å². The van der Waals surface area contributed by atoms with Gasteiger partial charge in [-0.15, -0.1) is 0 Å². The fourth-order valence-corrected chi connectivity index (χ4v) is 7.57. The number of rotatable bonds is 15. The number of aliphatic hydroxyl groups excluding tert-OH is 1. The lowest BCUT2D eigenvalue weighted by molar-refractivity contribution is -0.127. The maximum Gasteiger partial charge on any atom is 0.407 e. The zero-order valence-corrected chi connectivity index (χ0v) is 32.7. The summed E-state index contributed by atoms with van der Waals surface area (Å²) in [6.07, 6.45) is 1.60. The molecule has 0 saturated heterocycles. The Morgan fingerprint density at radius 2 is 1.55 bits per heavy atom. The molecule has 0 radical (unpaired) electrons. The highest BCUT2D eigenvalue weighted by Gasteiger charge is 2.43. The Morgan fingerprint density at radius 1 is 0.922 bits per heavy atom. The van der Waals surface area contributed by atoms with E-state index in [2.05, 4.69) is 51.1 Å². The standard InChI is InChI=1S/C42H58N2O6Si/c1-10-24-48-33-22-20-30(21-23-33)25-32(39(46)44-38-34-19-15-14-18-31(34)27-36(38)45)28-37(50-51(8,9)42(5,6)7)35(26-29-16-12-11-13-17-29)43-40(47)49-41(2,3)4/h10-23,32,35-38,45H,1,24-28H2,2-9H3,(H,43,47)(H,44,46)/t32?,35?,36-,37?,38-/m0/s1. The average molecular weight is 715 g/mol. The first-order chi connectivity index (χ1) is 24.0. The highest BCUT2D eigenvalue weighted by atomic mass is 28.4. The summed E-state index contributed by atoms with van der Waals surface area (Å²) in [7, 11) is -2.44. The molecule has 0 heterocycles. The highest BCUT2D eigenvalue weighted by Crippen LogP contribution is 2.39. The van der Waals surface area contributed by atoms with E-state index in [9.17, 15) is 14.7 Å². The third kappa shape index (κ3) is 11.5. The van der Waals surface area contributed by atoms with Gasteiger partial charge < -0.3 is 29.6 Å². The molecule has 9 heteroatoms. The Morgan fingerprint density at radius 3 is 2.18 bits per heavy atom. The van der Waals surface area contributed by atoms with Gasteiger partial charge in [0.2, 0.25) is 5.91 Å². The Bertz CT molecular complexity index is 1600. The molecule has 0 fully saturated rings. The molecular weight excluding hydrogens is 657 g/mol. The number of aliphatic hydroxyl groups is 1. The van der Waals surface area contributed by atoms with Crippen molar-refractivity contribution in [3.63, 3.8) is 0 Å². The maximum atomic E-state index is 14.5. The normalized spacial score (nSPS) is 17.8. The van der Waals surface area contributed by atoms with E-state index in [1.807, 2.05) is 99.6 Å². The van der Waals surface area contributed by atoms with Crippen molar-refractivity contribution in [3.8, 4) is 5.75 Å². The Labute approximate surface area is 306 Å². The van der Waals surface area contributed by atoms with Crippen LogP contribution in [0.5, 0.6) is 5.75 Å². The zero-order valence-electron chi connectivity index (χ0n) is 31.7. The molecule has 2 amide bonds. The molecule has 0 saturated carbocycles. The fraction of sp³-hybridized carbons (Fsp3) is 0.476. The summed E-state index contributed by atoms with van der Waals surface area (Å²) in [6, 6.07) is 24.6. The summed E-state index contributed by atoms with van der Waals surface area (Å²) in [6.45, 7) is 20.6. The van der Waals surface area contributed by atoms with Crippen LogP contribution in [0, 0.1) is 5.92 Å². The number of alkyl carbamates (subject to hydrolysis) is 1. The molecule has 0 aromatic heterocycles. The van der Waals surface area contributed by atoms with Gasteiger partial charge in [0.05, 0.1) is 24.3 Å². The van der Waals surface area contributed by atoms with E-state index in [0.717, 1.165) is 22.3 Å². The van der Waals surface area contributed by atoms with Crippen molar-refractivity contribution in [2.45, 2.75) is 115 Å². The number of ether oxygens (including phenoxy) is 2. The van der Waals surface area contributed by atoms with Crippen LogP contribution in [0.2, 0.25) is 18.1 Å². The number of carbonyl (C=O) groups is 2. The lowest BCUT2D eigenvalue weighted by Gasteiger charge is -2.42. The number of benzene rings is 3. The first kappa shape index (κ1) is 39.9. The minimum Gasteiger partial charge on any atom is -0.490 e. The minimum absolute atomic E-state index is 0.134. The molecule has 0 bridgehead atoms. The molecule has 3 unspecified atom stereocenters. The maximum absolute atomic E-state index is 14.5. The zero-order chi connectivity index (χ0) is 37.4. The van der Waals surface area contributed by atoms with Gasteiger partial charge in [-0.3, -0.25) is 4.79 Å². The number of amides is 2. The fourth-order valence-electron chi connectivity index (χ4n) is 6.20. The van der Waals surface area contributed by atoms with Gasteiger partial charge in [-0.2, -0.15) is 0 Å². The van der Waals surface area contributed by atoms with Crippen molar-refractivity contribution >= 4 is 20.3 Å². The van der Waals surface area contributed by atoms with Gasteiger partial charge in [-0.1, -0.05) is 100 Å². The van der Waals surface area contributed by atoms with E-state index in [4.69, 9.17) is 13.9 Å². The van der Waals surface area contributed by atoms with Gasteiger partial charge in [0.1, 0.15) is 18.0 Å². The number of hydrogen-bond donors (Lipinski definition) is 3. The van der Waals surface area contributed by atoms with Crippen LogP contribution in [0.3, 0.4) is 0 Å². The van der Waals surface area contributed by atoms with Gasteiger partial charge in [-0.25, -0.2) is 4.79 Å². The van der Waals surface area contributed by atoms with Crippen molar-refractivity contribution in [2.75, 3.05) is 6.61 Å². The smallest absolute Gasteiger partial charge is 0.407 e. The van der Waals surface area contributed by atoms with Gasteiger partial charge in [0, 0.05) is 12.3 Å².